The van der Waals surface area contributed by atoms with Crippen molar-refractivity contribution < 1.29 is 24.6 Å². The number of carbonyl (C=O) groups excluding carboxylic acids is 3. The van der Waals surface area contributed by atoms with Crippen molar-refractivity contribution in [2.75, 3.05) is 22.9 Å². The van der Waals surface area contributed by atoms with Crippen molar-refractivity contribution in [2.24, 2.45) is 4.99 Å². The molecule has 2 atom stereocenters. The number of nitrogens with one attached hydrogen (secondary N) is 4. The third-order valence-corrected chi connectivity index (χ3v) is 4.87. The normalized spacial score (nSPS) is 15.4. The Labute approximate surface area is 187 Å². The molecule has 2 unspecified atom stereocenters. The highest BCUT2D eigenvalue weighted by Gasteiger charge is 2.22. The van der Waals surface area contributed by atoms with Crippen molar-refractivity contribution >= 4 is 46.7 Å². The van der Waals surface area contributed by atoms with Gasteiger partial charge in [0.25, 0.3) is 11.5 Å². The van der Waals surface area contributed by atoms with Crippen LogP contribution in [0.4, 0.5) is 23.1 Å². The first-order valence-electron chi connectivity index (χ1n) is 9.93. The maximum Gasteiger partial charge on any atom is 0.280 e. The molecular weight excluding hydrogens is 434 g/mol. The summed E-state index contributed by atoms with van der Waals surface area (Å²) in [4.78, 5) is 56.7. The third kappa shape index (κ3) is 5.84. The molecule has 0 bridgehead atoms. The largest absolute Gasteiger partial charge is 0.550 e. The predicted molar refractivity (Wildman–Crippen MR) is 115 cm³/mol. The molecule has 0 aliphatic carbocycles. The standard InChI is InChI=1S/C20H23N7O6/c1-9-13(24-15-16(23-9)26-20(21)27-18(15)31)8-22-11-4-2-10(3-5-11)17(30)25-12(19(32)33)6-7-14(28)29/h2-5,9,12,22H,6-8H2,1H3,(H,25,30)(H,28,29)(H,32,33)(H4,21,23,26,27,31)/p-2. The number of rotatable bonds is 9. The highest BCUT2D eigenvalue weighted by Crippen LogP contribution is 2.24. The number of aliphatic imine (C=N–C) groups is 1. The summed E-state index contributed by atoms with van der Waals surface area (Å²) < 4.78 is 0. The molecule has 3 rings (SSSR count). The zero-order chi connectivity index (χ0) is 24.1. The van der Waals surface area contributed by atoms with E-state index in [1.165, 1.54) is 12.1 Å². The summed E-state index contributed by atoms with van der Waals surface area (Å²) in [6.07, 6.45) is -0.878. The van der Waals surface area contributed by atoms with Crippen molar-refractivity contribution in [2.45, 2.75) is 31.8 Å². The molecule has 1 aromatic carbocycles. The van der Waals surface area contributed by atoms with Crippen molar-refractivity contribution in [1.29, 1.82) is 0 Å². The lowest BCUT2D eigenvalue weighted by Gasteiger charge is -2.23. The van der Waals surface area contributed by atoms with Gasteiger partial charge in [-0.25, -0.2) is 4.99 Å². The van der Waals surface area contributed by atoms with Gasteiger partial charge in [0.2, 0.25) is 5.95 Å². The molecule has 1 aliphatic rings. The highest BCUT2D eigenvalue weighted by molar-refractivity contribution is 6.00. The summed E-state index contributed by atoms with van der Waals surface area (Å²) in [5.41, 5.74) is 6.68. The van der Waals surface area contributed by atoms with Crippen molar-refractivity contribution in [3.8, 4) is 0 Å². The molecule has 2 heterocycles. The van der Waals surface area contributed by atoms with Crippen LogP contribution in [0, 0.1) is 0 Å². The summed E-state index contributed by atoms with van der Waals surface area (Å²) in [5.74, 6) is -3.41. The minimum atomic E-state index is -1.59. The monoisotopic (exact) mass is 455 g/mol. The second-order valence-corrected chi connectivity index (χ2v) is 7.30. The van der Waals surface area contributed by atoms with Crippen LogP contribution in [0.2, 0.25) is 0 Å². The number of aliphatic carboxylic acids is 2. The van der Waals surface area contributed by atoms with Crippen LogP contribution in [-0.2, 0) is 9.59 Å². The van der Waals surface area contributed by atoms with Gasteiger partial charge in [0.1, 0.15) is 0 Å². The number of anilines is 3. The number of carbonyl (C=O) groups is 3. The second kappa shape index (κ2) is 9.80. The highest BCUT2D eigenvalue weighted by atomic mass is 16.4. The lowest BCUT2D eigenvalue weighted by molar-refractivity contribution is -0.309. The van der Waals surface area contributed by atoms with Gasteiger partial charge in [0.05, 0.1) is 30.3 Å². The van der Waals surface area contributed by atoms with Gasteiger partial charge < -0.3 is 41.5 Å². The van der Waals surface area contributed by atoms with Gasteiger partial charge in [-0.1, -0.05) is 0 Å². The van der Waals surface area contributed by atoms with Crippen LogP contribution in [0.1, 0.15) is 30.1 Å². The quantitative estimate of drug-likeness (QED) is 0.273. The number of nitrogen functional groups attached to an aromatic ring is 1. The maximum atomic E-state index is 12.3. The lowest BCUT2D eigenvalue weighted by atomic mass is 10.1. The lowest BCUT2D eigenvalue weighted by Crippen LogP contribution is -2.48. The molecule has 13 nitrogen and oxygen atoms in total. The van der Waals surface area contributed by atoms with E-state index >= 15 is 0 Å². The number of aromatic nitrogens is 2. The smallest absolute Gasteiger partial charge is 0.280 e. The Morgan fingerprint density at radius 2 is 1.91 bits per heavy atom. The Hall–Kier alpha value is -4.42. The van der Waals surface area contributed by atoms with E-state index in [0.717, 1.165) is 0 Å². The number of aromatic amines is 1. The van der Waals surface area contributed by atoms with Crippen LogP contribution in [-0.4, -0.2) is 52.2 Å². The van der Waals surface area contributed by atoms with Crippen molar-refractivity contribution in [3.05, 3.63) is 40.2 Å². The molecule has 0 saturated heterocycles. The van der Waals surface area contributed by atoms with E-state index in [1.54, 1.807) is 12.1 Å². The summed E-state index contributed by atoms with van der Waals surface area (Å²) in [7, 11) is 0. The van der Waals surface area contributed by atoms with Gasteiger partial charge >= 0.3 is 0 Å². The van der Waals surface area contributed by atoms with E-state index in [2.05, 4.69) is 30.9 Å². The number of nitrogens with two attached hydrogens (primary N) is 1. The summed E-state index contributed by atoms with van der Waals surface area (Å²) >= 11 is 0. The van der Waals surface area contributed by atoms with E-state index in [4.69, 9.17) is 5.73 Å². The van der Waals surface area contributed by atoms with Crippen LogP contribution in [0.5, 0.6) is 0 Å². The molecule has 174 valence electrons. The van der Waals surface area contributed by atoms with Gasteiger partial charge in [-0.15, -0.1) is 0 Å². The van der Waals surface area contributed by atoms with Crippen LogP contribution < -0.4 is 37.5 Å². The number of nitrogens with zero attached hydrogens (tertiary/aromatic N) is 2. The molecule has 2 aromatic rings. The first kappa shape index (κ1) is 23.2. The van der Waals surface area contributed by atoms with Crippen LogP contribution in [0.15, 0.2) is 34.1 Å². The average Bonchev–Trinajstić information content (AvgIpc) is 2.75. The van der Waals surface area contributed by atoms with E-state index in [-0.39, 0.29) is 29.7 Å². The average molecular weight is 455 g/mol. The van der Waals surface area contributed by atoms with E-state index < -0.39 is 35.9 Å². The topological polar surface area (TPSA) is 218 Å². The Morgan fingerprint density at radius 1 is 1.21 bits per heavy atom. The molecule has 1 aliphatic heterocycles. The molecule has 0 fully saturated rings. The minimum Gasteiger partial charge on any atom is -0.550 e. The molecule has 6 N–H and O–H groups in total. The SMILES string of the molecule is CC1Nc2nc(N)[nH]c(=O)c2N=C1CNc1ccc(C(=O)NC(CCC(=O)[O-])C(=O)[O-])cc1. The van der Waals surface area contributed by atoms with Crippen molar-refractivity contribution in [3.63, 3.8) is 0 Å². The number of fused-ring (bicyclic) bond motifs is 1. The van der Waals surface area contributed by atoms with Crippen LogP contribution in [0.25, 0.3) is 0 Å². The fraction of sp³-hybridized carbons (Fsp3) is 0.300. The predicted octanol–water partition coefficient (Wildman–Crippen LogP) is -2.27. The molecular formula is C20H21N7O6-2. The summed E-state index contributed by atoms with van der Waals surface area (Å²) in [6, 6.07) is 4.48. The van der Waals surface area contributed by atoms with Gasteiger partial charge in [-0.05, 0) is 44.0 Å². The molecule has 33 heavy (non-hydrogen) atoms. The zero-order valence-electron chi connectivity index (χ0n) is 17.5. The third-order valence-electron chi connectivity index (χ3n) is 4.87. The fourth-order valence-electron chi connectivity index (χ4n) is 3.09. The van der Waals surface area contributed by atoms with Gasteiger partial charge in [-0.3, -0.25) is 14.6 Å². The van der Waals surface area contributed by atoms with E-state index in [0.29, 0.717) is 23.8 Å². The van der Waals surface area contributed by atoms with Gasteiger partial charge in [-0.2, -0.15) is 4.98 Å². The second-order valence-electron chi connectivity index (χ2n) is 7.30. The molecule has 0 saturated carbocycles. The van der Waals surface area contributed by atoms with Gasteiger partial charge in [0.15, 0.2) is 11.5 Å². The first-order valence-corrected chi connectivity index (χ1v) is 9.93. The molecule has 0 radical (unpaired) electrons. The molecule has 0 spiro atoms. The minimum absolute atomic E-state index is 0.0100. The number of carboxylic acid groups (broad SMARTS) is 2. The number of H-pyrrole nitrogens is 1. The number of amides is 1. The Kier molecular flexibility index (Phi) is 6.91. The number of carboxylic acids is 2. The molecule has 1 amide bonds. The maximum absolute atomic E-state index is 12.3. The van der Waals surface area contributed by atoms with Gasteiger partial charge in [0, 0.05) is 17.2 Å². The van der Waals surface area contributed by atoms with E-state index in [1.807, 2.05) is 6.92 Å². The Morgan fingerprint density at radius 3 is 2.55 bits per heavy atom. The molecule has 13 heteroatoms. The summed E-state index contributed by atoms with van der Waals surface area (Å²) in [6.45, 7) is 2.14. The number of hydrogen-bond acceptors (Lipinski definition) is 11. The van der Waals surface area contributed by atoms with E-state index in [9.17, 15) is 29.4 Å². The fourth-order valence-corrected chi connectivity index (χ4v) is 3.09. The Balaban J connectivity index is 1.63. The van der Waals surface area contributed by atoms with Crippen molar-refractivity contribution in [1.82, 2.24) is 15.3 Å². The zero-order valence-corrected chi connectivity index (χ0v) is 17.5. The molecule has 1 aromatic heterocycles. The summed E-state index contributed by atoms with van der Waals surface area (Å²) in [5, 5.41) is 30.1. The van der Waals surface area contributed by atoms with Crippen LogP contribution in [0.3, 0.4) is 0 Å². The Bertz CT molecular complexity index is 1160. The number of benzene rings is 1. The first-order chi connectivity index (χ1) is 15.6. The van der Waals surface area contributed by atoms with Crippen LogP contribution >= 0.6 is 0 Å². The number of hydrogen-bond donors (Lipinski definition) is 5.